The molecule has 0 aromatic carbocycles. The van der Waals surface area contributed by atoms with Gasteiger partial charge in [0.2, 0.25) is 5.91 Å². The van der Waals surface area contributed by atoms with Crippen LogP contribution in [0.1, 0.15) is 34.1 Å². The van der Waals surface area contributed by atoms with E-state index in [0.29, 0.717) is 6.61 Å². The maximum Gasteiger partial charge on any atom is 0.417 e. The number of carbonyl (C=O) groups excluding carboxylic acids is 2. The molecule has 2 rings (SSSR count). The number of nitrogens with zero attached hydrogens (tertiary/aromatic N) is 1. The van der Waals surface area contributed by atoms with Gasteiger partial charge in [0.05, 0.1) is 11.5 Å². The Bertz CT molecular complexity index is 417. The molecule has 3 atom stereocenters. The first-order valence-electron chi connectivity index (χ1n) is 6.41. The summed E-state index contributed by atoms with van der Waals surface area (Å²) >= 11 is 0. The van der Waals surface area contributed by atoms with E-state index < -0.39 is 11.5 Å². The Morgan fingerprint density at radius 3 is 2.61 bits per heavy atom. The van der Waals surface area contributed by atoms with Crippen molar-refractivity contribution in [1.82, 2.24) is 4.90 Å². The van der Waals surface area contributed by atoms with Crippen LogP contribution in [0.2, 0.25) is 0 Å². The minimum absolute atomic E-state index is 0.119. The summed E-state index contributed by atoms with van der Waals surface area (Å²) in [7, 11) is 0. The number of ether oxygens (including phenoxy) is 1. The number of rotatable bonds is 3. The van der Waals surface area contributed by atoms with E-state index >= 15 is 0 Å². The van der Waals surface area contributed by atoms with Gasteiger partial charge in [-0.1, -0.05) is 26.8 Å². The largest absolute Gasteiger partial charge is 0.447 e. The number of imide groups is 1. The van der Waals surface area contributed by atoms with Crippen molar-refractivity contribution in [3.05, 3.63) is 12.7 Å². The van der Waals surface area contributed by atoms with Crippen molar-refractivity contribution in [1.29, 1.82) is 0 Å². The minimum atomic E-state index is -0.509. The number of carbonyl (C=O) groups is 2. The van der Waals surface area contributed by atoms with Crippen molar-refractivity contribution in [2.24, 2.45) is 16.7 Å². The first kappa shape index (κ1) is 13.1. The number of allylic oxidation sites excluding steroid dienone is 1. The van der Waals surface area contributed by atoms with Crippen LogP contribution < -0.4 is 0 Å². The van der Waals surface area contributed by atoms with Crippen LogP contribution in [0.5, 0.6) is 0 Å². The fourth-order valence-electron chi connectivity index (χ4n) is 2.73. The van der Waals surface area contributed by atoms with Gasteiger partial charge in [0.1, 0.15) is 6.61 Å². The molecule has 18 heavy (non-hydrogen) atoms. The van der Waals surface area contributed by atoms with Gasteiger partial charge in [-0.3, -0.25) is 4.79 Å². The molecule has 2 aliphatic rings. The summed E-state index contributed by atoms with van der Waals surface area (Å²) in [6.07, 6.45) is 2.06. The summed E-state index contributed by atoms with van der Waals surface area (Å²) in [6.45, 7) is 12.0. The fraction of sp³-hybridized carbons (Fsp3) is 0.714. The van der Waals surface area contributed by atoms with Gasteiger partial charge in [-0.05, 0) is 19.3 Å². The normalized spacial score (nSPS) is 38.8. The van der Waals surface area contributed by atoms with Crippen molar-refractivity contribution >= 4 is 12.0 Å². The Hall–Kier alpha value is -1.32. The lowest BCUT2D eigenvalue weighted by Crippen LogP contribution is -2.46. The van der Waals surface area contributed by atoms with Crippen molar-refractivity contribution in [3.63, 3.8) is 0 Å². The average molecular weight is 251 g/mol. The summed E-state index contributed by atoms with van der Waals surface area (Å²) in [5.41, 5.74) is -0.709. The van der Waals surface area contributed by atoms with Crippen molar-refractivity contribution in [3.8, 4) is 0 Å². The molecule has 0 unspecified atom stereocenters. The molecular weight excluding hydrogens is 230 g/mol. The molecule has 4 heteroatoms. The highest BCUT2D eigenvalue weighted by Gasteiger charge is 2.66. The van der Waals surface area contributed by atoms with Crippen LogP contribution in [-0.4, -0.2) is 29.5 Å². The third-order valence-corrected chi connectivity index (χ3v) is 4.67. The number of amides is 2. The Balaban J connectivity index is 2.24. The van der Waals surface area contributed by atoms with Gasteiger partial charge in [0, 0.05) is 5.41 Å². The van der Waals surface area contributed by atoms with Crippen LogP contribution in [0.15, 0.2) is 12.7 Å². The molecule has 0 radical (unpaired) electrons. The number of hydrogen-bond donors (Lipinski definition) is 0. The lowest BCUT2D eigenvalue weighted by atomic mass is 9.93. The molecule has 1 aliphatic carbocycles. The van der Waals surface area contributed by atoms with Crippen LogP contribution in [0.25, 0.3) is 0 Å². The van der Waals surface area contributed by atoms with Gasteiger partial charge in [0.15, 0.2) is 0 Å². The second kappa shape index (κ2) is 3.84. The van der Waals surface area contributed by atoms with Crippen molar-refractivity contribution < 1.29 is 14.3 Å². The average Bonchev–Trinajstić information content (AvgIpc) is 2.68. The van der Waals surface area contributed by atoms with Crippen LogP contribution >= 0.6 is 0 Å². The summed E-state index contributed by atoms with van der Waals surface area (Å²) < 4.78 is 5.03. The fourth-order valence-corrected chi connectivity index (χ4v) is 2.73. The highest BCUT2D eigenvalue weighted by Crippen LogP contribution is 2.65. The molecule has 0 aromatic rings. The van der Waals surface area contributed by atoms with Crippen LogP contribution in [0.3, 0.4) is 0 Å². The number of cyclic esters (lactones) is 1. The minimum Gasteiger partial charge on any atom is -0.447 e. The smallest absolute Gasteiger partial charge is 0.417 e. The van der Waals surface area contributed by atoms with E-state index in [2.05, 4.69) is 6.58 Å². The van der Waals surface area contributed by atoms with E-state index in [1.807, 2.05) is 33.8 Å². The van der Waals surface area contributed by atoms with Crippen LogP contribution in [0.4, 0.5) is 4.79 Å². The third kappa shape index (κ3) is 1.58. The number of hydrogen-bond acceptors (Lipinski definition) is 3. The predicted molar refractivity (Wildman–Crippen MR) is 67.8 cm³/mol. The Morgan fingerprint density at radius 2 is 2.17 bits per heavy atom. The molecular formula is C14H21NO3. The Kier molecular flexibility index (Phi) is 2.80. The maximum absolute atomic E-state index is 12.6. The molecule has 0 spiro atoms. The van der Waals surface area contributed by atoms with E-state index in [1.165, 1.54) is 4.90 Å². The summed E-state index contributed by atoms with van der Waals surface area (Å²) in [5.74, 6) is 0.0869. The maximum atomic E-state index is 12.6. The first-order chi connectivity index (χ1) is 8.27. The summed E-state index contributed by atoms with van der Waals surface area (Å²) in [5, 5.41) is 0. The van der Waals surface area contributed by atoms with Crippen LogP contribution in [-0.2, 0) is 9.53 Å². The highest BCUT2D eigenvalue weighted by molar-refractivity contribution is 5.99. The summed E-state index contributed by atoms with van der Waals surface area (Å²) in [6, 6.07) is -0.142. The SMILES string of the molecule is C=C[C@]1(C)C[C@@]1(C)C(=O)N1C(=O)OC[C@@H]1C(C)C. The van der Waals surface area contributed by atoms with Gasteiger partial charge >= 0.3 is 6.09 Å². The predicted octanol–water partition coefficient (Wildman–Crippen LogP) is 2.59. The quantitative estimate of drug-likeness (QED) is 0.724. The Morgan fingerprint density at radius 1 is 1.56 bits per heavy atom. The van der Waals surface area contributed by atoms with Crippen molar-refractivity contribution in [2.75, 3.05) is 6.61 Å². The van der Waals surface area contributed by atoms with E-state index in [-0.39, 0.29) is 23.3 Å². The zero-order chi connectivity index (χ0) is 13.7. The molecule has 1 saturated heterocycles. The van der Waals surface area contributed by atoms with Gasteiger partial charge in [0.25, 0.3) is 0 Å². The lowest BCUT2D eigenvalue weighted by molar-refractivity contribution is -0.135. The van der Waals surface area contributed by atoms with Crippen molar-refractivity contribution in [2.45, 2.75) is 40.2 Å². The van der Waals surface area contributed by atoms with Gasteiger partial charge in [-0.2, -0.15) is 0 Å². The summed E-state index contributed by atoms with van der Waals surface area (Å²) in [4.78, 5) is 25.7. The van der Waals surface area contributed by atoms with E-state index in [9.17, 15) is 9.59 Å². The molecule has 1 aliphatic heterocycles. The van der Waals surface area contributed by atoms with Gasteiger partial charge < -0.3 is 4.74 Å². The van der Waals surface area contributed by atoms with Crippen LogP contribution in [0, 0.1) is 16.7 Å². The van der Waals surface area contributed by atoms with E-state index in [1.54, 1.807) is 0 Å². The molecule has 0 aromatic heterocycles. The third-order valence-electron chi connectivity index (χ3n) is 4.67. The van der Waals surface area contributed by atoms with Gasteiger partial charge in [-0.25, -0.2) is 9.69 Å². The van der Waals surface area contributed by atoms with E-state index in [4.69, 9.17) is 4.74 Å². The first-order valence-corrected chi connectivity index (χ1v) is 6.41. The zero-order valence-electron chi connectivity index (χ0n) is 11.5. The zero-order valence-corrected chi connectivity index (χ0v) is 11.5. The second-order valence-electron chi connectivity index (χ2n) is 6.19. The second-order valence-corrected chi connectivity index (χ2v) is 6.19. The van der Waals surface area contributed by atoms with Gasteiger partial charge in [-0.15, -0.1) is 6.58 Å². The molecule has 4 nitrogen and oxygen atoms in total. The lowest BCUT2D eigenvalue weighted by Gasteiger charge is -2.26. The molecule has 0 bridgehead atoms. The molecule has 0 N–H and O–H groups in total. The monoisotopic (exact) mass is 251 g/mol. The Labute approximate surface area is 108 Å². The van der Waals surface area contributed by atoms with E-state index in [0.717, 1.165) is 6.42 Å². The molecule has 1 saturated carbocycles. The molecule has 1 heterocycles. The highest BCUT2D eigenvalue weighted by atomic mass is 16.6. The standard InChI is InChI=1S/C14H21NO3/c1-6-13(4)8-14(13,5)11(16)15-10(9(2)3)7-18-12(15)17/h6,9-10H,1,7-8H2,2-5H3/t10-,13-,14+/m1/s1. The molecule has 2 fully saturated rings. The topological polar surface area (TPSA) is 46.6 Å². The molecule has 2 amide bonds. The molecule has 100 valence electrons.